The summed E-state index contributed by atoms with van der Waals surface area (Å²) >= 11 is 5.82. The molecule has 106 valence electrons. The van der Waals surface area contributed by atoms with Crippen LogP contribution in [0.1, 0.15) is 18.5 Å². The molecule has 0 saturated heterocycles. The number of benzene rings is 1. The van der Waals surface area contributed by atoms with Gasteiger partial charge in [0.05, 0.1) is 18.1 Å². The van der Waals surface area contributed by atoms with Crippen molar-refractivity contribution in [1.29, 1.82) is 0 Å². The maximum absolute atomic E-state index is 5.82. The van der Waals surface area contributed by atoms with Crippen molar-refractivity contribution >= 4 is 17.4 Å². The van der Waals surface area contributed by atoms with Crippen molar-refractivity contribution in [3.63, 3.8) is 0 Å². The summed E-state index contributed by atoms with van der Waals surface area (Å²) in [5.41, 5.74) is 2.09. The van der Waals surface area contributed by atoms with Crippen LogP contribution in [0.2, 0.25) is 5.15 Å². The van der Waals surface area contributed by atoms with E-state index in [1.807, 2.05) is 31.2 Å². The molecular weight excluding hydrogens is 288 g/mol. The molecule has 0 amide bonds. The highest BCUT2D eigenvalue weighted by atomic mass is 35.5. The molecule has 1 N–H and O–H groups in total. The van der Waals surface area contributed by atoms with E-state index in [4.69, 9.17) is 11.6 Å². The summed E-state index contributed by atoms with van der Waals surface area (Å²) < 4.78 is 1.71. The standard InChI is InChI=1S/C14H13ClN6/c1-10(19-14-7-16-6-13(15)20-14)11-2-4-12(5-3-11)21-9-17-8-18-21/h2-10H,1H3,(H,19,20)/t10-/m0/s1. The fraction of sp³-hybridized carbons (Fsp3) is 0.143. The van der Waals surface area contributed by atoms with E-state index in [9.17, 15) is 0 Å². The molecule has 0 aliphatic heterocycles. The van der Waals surface area contributed by atoms with Crippen LogP contribution in [0.15, 0.2) is 49.3 Å². The Hall–Kier alpha value is -2.47. The molecule has 2 heterocycles. The first-order valence-corrected chi connectivity index (χ1v) is 6.79. The van der Waals surface area contributed by atoms with Crippen LogP contribution >= 0.6 is 11.6 Å². The first kappa shape index (κ1) is 13.5. The van der Waals surface area contributed by atoms with Crippen molar-refractivity contribution in [2.45, 2.75) is 13.0 Å². The zero-order valence-corrected chi connectivity index (χ0v) is 12.1. The highest BCUT2D eigenvalue weighted by molar-refractivity contribution is 6.29. The van der Waals surface area contributed by atoms with E-state index in [0.29, 0.717) is 11.0 Å². The topological polar surface area (TPSA) is 68.5 Å². The van der Waals surface area contributed by atoms with E-state index in [1.54, 1.807) is 17.2 Å². The summed E-state index contributed by atoms with van der Waals surface area (Å²) in [5.74, 6) is 0.648. The molecule has 0 spiro atoms. The number of halogens is 1. The number of hydrogen-bond acceptors (Lipinski definition) is 5. The zero-order chi connectivity index (χ0) is 14.7. The Labute approximate surface area is 126 Å². The highest BCUT2D eigenvalue weighted by Crippen LogP contribution is 2.19. The van der Waals surface area contributed by atoms with Crippen LogP contribution in [0.25, 0.3) is 5.69 Å². The van der Waals surface area contributed by atoms with E-state index in [-0.39, 0.29) is 6.04 Å². The summed E-state index contributed by atoms with van der Waals surface area (Å²) in [7, 11) is 0. The van der Waals surface area contributed by atoms with Crippen molar-refractivity contribution in [2.24, 2.45) is 0 Å². The molecule has 0 saturated carbocycles. The molecule has 0 aliphatic rings. The number of rotatable bonds is 4. The van der Waals surface area contributed by atoms with Gasteiger partial charge in [0, 0.05) is 6.04 Å². The van der Waals surface area contributed by atoms with Gasteiger partial charge in [-0.25, -0.2) is 14.6 Å². The van der Waals surface area contributed by atoms with Crippen LogP contribution in [0, 0.1) is 0 Å². The van der Waals surface area contributed by atoms with Crippen molar-refractivity contribution in [3.8, 4) is 5.69 Å². The Kier molecular flexibility index (Phi) is 3.79. The quantitative estimate of drug-likeness (QED) is 0.802. The van der Waals surface area contributed by atoms with Crippen LogP contribution in [0.3, 0.4) is 0 Å². The number of aromatic nitrogens is 5. The smallest absolute Gasteiger partial charge is 0.149 e. The fourth-order valence-corrected chi connectivity index (χ4v) is 2.12. The fourth-order valence-electron chi connectivity index (χ4n) is 1.97. The van der Waals surface area contributed by atoms with Gasteiger partial charge in [0.25, 0.3) is 0 Å². The highest BCUT2D eigenvalue weighted by Gasteiger charge is 2.07. The van der Waals surface area contributed by atoms with Crippen LogP contribution in [-0.4, -0.2) is 24.7 Å². The Balaban J connectivity index is 1.74. The Morgan fingerprint density at radius 1 is 1.14 bits per heavy atom. The van der Waals surface area contributed by atoms with Crippen molar-refractivity contribution < 1.29 is 0 Å². The Bertz CT molecular complexity index is 711. The summed E-state index contributed by atoms with van der Waals surface area (Å²) in [6, 6.07) is 8.14. The molecule has 7 heteroatoms. The molecule has 0 radical (unpaired) electrons. The van der Waals surface area contributed by atoms with Crippen LogP contribution in [0.4, 0.5) is 5.82 Å². The normalized spacial score (nSPS) is 12.1. The number of anilines is 1. The lowest BCUT2D eigenvalue weighted by atomic mass is 10.1. The SMILES string of the molecule is C[C@H](Nc1cncc(Cl)n1)c1ccc(-n2cncn2)cc1. The molecule has 1 atom stereocenters. The first-order chi connectivity index (χ1) is 10.2. The van der Waals surface area contributed by atoms with Gasteiger partial charge in [-0.1, -0.05) is 23.7 Å². The molecule has 0 bridgehead atoms. The predicted molar refractivity (Wildman–Crippen MR) is 80.4 cm³/mol. The van der Waals surface area contributed by atoms with E-state index in [0.717, 1.165) is 11.3 Å². The molecule has 6 nitrogen and oxygen atoms in total. The van der Waals surface area contributed by atoms with Gasteiger partial charge in [-0.2, -0.15) is 5.10 Å². The maximum atomic E-state index is 5.82. The molecule has 21 heavy (non-hydrogen) atoms. The third-order valence-electron chi connectivity index (χ3n) is 3.05. The second kappa shape index (κ2) is 5.88. The van der Waals surface area contributed by atoms with Gasteiger partial charge in [0.2, 0.25) is 0 Å². The van der Waals surface area contributed by atoms with E-state index in [2.05, 4.69) is 25.4 Å². The molecular formula is C14H13ClN6. The average molecular weight is 301 g/mol. The van der Waals surface area contributed by atoms with Crippen LogP contribution in [-0.2, 0) is 0 Å². The second-order valence-corrected chi connectivity index (χ2v) is 4.91. The first-order valence-electron chi connectivity index (χ1n) is 6.41. The van der Waals surface area contributed by atoms with Gasteiger partial charge >= 0.3 is 0 Å². The molecule has 2 aromatic heterocycles. The number of nitrogens with one attached hydrogen (secondary N) is 1. The third kappa shape index (κ3) is 3.17. The maximum Gasteiger partial charge on any atom is 0.149 e. The monoisotopic (exact) mass is 300 g/mol. The molecule has 0 unspecified atom stereocenters. The van der Waals surface area contributed by atoms with Gasteiger partial charge < -0.3 is 5.32 Å². The van der Waals surface area contributed by atoms with Crippen LogP contribution in [0.5, 0.6) is 0 Å². The van der Waals surface area contributed by atoms with E-state index >= 15 is 0 Å². The van der Waals surface area contributed by atoms with E-state index < -0.39 is 0 Å². The summed E-state index contributed by atoms with van der Waals surface area (Å²) in [4.78, 5) is 12.1. The predicted octanol–water partition coefficient (Wildman–Crippen LogP) is 2.88. The summed E-state index contributed by atoms with van der Waals surface area (Å²) in [6.07, 6.45) is 6.32. The second-order valence-electron chi connectivity index (χ2n) is 4.52. The molecule has 3 aromatic rings. The minimum absolute atomic E-state index is 0.0857. The third-order valence-corrected chi connectivity index (χ3v) is 3.23. The molecule has 3 rings (SSSR count). The zero-order valence-electron chi connectivity index (χ0n) is 11.3. The molecule has 0 aliphatic carbocycles. The van der Waals surface area contributed by atoms with Crippen molar-refractivity contribution in [2.75, 3.05) is 5.32 Å². The average Bonchev–Trinajstić information content (AvgIpc) is 3.01. The summed E-state index contributed by atoms with van der Waals surface area (Å²) in [6.45, 7) is 2.05. The lowest BCUT2D eigenvalue weighted by Gasteiger charge is -2.15. The lowest BCUT2D eigenvalue weighted by Crippen LogP contribution is -2.08. The lowest BCUT2D eigenvalue weighted by molar-refractivity contribution is 0.856. The Morgan fingerprint density at radius 2 is 1.95 bits per heavy atom. The summed E-state index contributed by atoms with van der Waals surface area (Å²) in [5, 5.41) is 7.73. The molecule has 1 aromatic carbocycles. The minimum atomic E-state index is 0.0857. The van der Waals surface area contributed by atoms with Crippen molar-refractivity contribution in [3.05, 3.63) is 60.0 Å². The van der Waals surface area contributed by atoms with Gasteiger partial charge in [-0.15, -0.1) is 0 Å². The van der Waals surface area contributed by atoms with Crippen molar-refractivity contribution in [1.82, 2.24) is 24.7 Å². The Morgan fingerprint density at radius 3 is 2.62 bits per heavy atom. The van der Waals surface area contributed by atoms with Gasteiger partial charge in [0.15, 0.2) is 0 Å². The van der Waals surface area contributed by atoms with Gasteiger partial charge in [0.1, 0.15) is 23.6 Å². The minimum Gasteiger partial charge on any atom is -0.362 e. The number of nitrogens with zero attached hydrogens (tertiary/aromatic N) is 5. The van der Waals surface area contributed by atoms with Gasteiger partial charge in [-0.3, -0.25) is 4.98 Å². The van der Waals surface area contributed by atoms with Gasteiger partial charge in [-0.05, 0) is 24.6 Å². The largest absolute Gasteiger partial charge is 0.362 e. The van der Waals surface area contributed by atoms with Crippen LogP contribution < -0.4 is 5.32 Å². The molecule has 0 fully saturated rings. The van der Waals surface area contributed by atoms with E-state index in [1.165, 1.54) is 12.5 Å². The number of hydrogen-bond donors (Lipinski definition) is 1.